The average molecular weight is 369 g/mol. The minimum Gasteiger partial charge on any atom is -0.489 e. The maximum Gasteiger partial charge on any atom is 0.156 e. The fourth-order valence-corrected chi connectivity index (χ4v) is 3.08. The Morgan fingerprint density at radius 3 is 2.05 bits per heavy atom. The fraction of sp³-hybridized carbons (Fsp3) is 0.625. The molecule has 0 aliphatic carbocycles. The summed E-state index contributed by atoms with van der Waals surface area (Å²) in [5.41, 5.74) is 0.635. The molecule has 0 aliphatic rings. The summed E-state index contributed by atoms with van der Waals surface area (Å²) in [5.74, 6) is 0.799. The summed E-state index contributed by atoms with van der Waals surface area (Å²) in [4.78, 5) is 2.10. The lowest BCUT2D eigenvalue weighted by Gasteiger charge is -2.43. The minimum atomic E-state index is -0.496. The van der Waals surface area contributed by atoms with E-state index in [0.29, 0.717) is 28.3 Å². The van der Waals surface area contributed by atoms with Gasteiger partial charge in [-0.25, -0.2) is 0 Å². The molecular weight excluding hydrogens is 345 g/mol. The van der Waals surface area contributed by atoms with E-state index in [1.807, 2.05) is 6.92 Å². The molecule has 0 radical (unpaired) electrons. The van der Waals surface area contributed by atoms with Crippen LogP contribution in [0, 0.1) is 0 Å². The van der Waals surface area contributed by atoms with Gasteiger partial charge in [-0.2, -0.15) is 0 Å². The number of anilines is 1. The van der Waals surface area contributed by atoms with Crippen molar-refractivity contribution in [3.05, 3.63) is 22.2 Å². The quantitative estimate of drug-likeness (QED) is 0.718. The molecule has 1 unspecified atom stereocenters. The summed E-state index contributed by atoms with van der Waals surface area (Å²) in [6.07, 6.45) is -0.496. The molecule has 0 saturated carbocycles. The molecule has 126 valence electrons. The molecule has 0 aliphatic heterocycles. The molecule has 0 fully saturated rings. The molecule has 2 atom stereocenters. The highest BCUT2D eigenvalue weighted by Crippen LogP contribution is 2.39. The molecule has 1 aromatic rings. The van der Waals surface area contributed by atoms with Gasteiger partial charge in [0.25, 0.3) is 0 Å². The molecule has 0 aromatic heterocycles. The van der Waals surface area contributed by atoms with E-state index < -0.39 is 6.10 Å². The smallest absolute Gasteiger partial charge is 0.156 e. The molecule has 0 bridgehead atoms. The number of nitrogens with zero attached hydrogens (tertiary/aromatic N) is 1. The van der Waals surface area contributed by atoms with E-state index in [2.05, 4.69) is 25.7 Å². The molecule has 0 heterocycles. The third kappa shape index (κ3) is 4.82. The summed E-state index contributed by atoms with van der Waals surface area (Å²) >= 11 is 18.2. The van der Waals surface area contributed by atoms with E-state index >= 15 is 0 Å². The van der Waals surface area contributed by atoms with Crippen molar-refractivity contribution in [1.82, 2.24) is 0 Å². The van der Waals surface area contributed by atoms with Crippen LogP contribution in [0.4, 0.5) is 5.69 Å². The van der Waals surface area contributed by atoms with Gasteiger partial charge in [-0.1, -0.05) is 23.2 Å². The predicted octanol–water partition coefficient (Wildman–Crippen LogP) is 4.99. The van der Waals surface area contributed by atoms with Gasteiger partial charge in [-0.15, -0.1) is 11.6 Å². The molecule has 1 N–H and O–H groups in total. The zero-order valence-corrected chi connectivity index (χ0v) is 15.9. The van der Waals surface area contributed by atoms with Gasteiger partial charge in [0.05, 0.1) is 28.1 Å². The topological polar surface area (TPSA) is 32.7 Å². The molecule has 6 heteroatoms. The highest BCUT2D eigenvalue weighted by Gasteiger charge is 2.30. The van der Waals surface area contributed by atoms with Crippen molar-refractivity contribution in [2.24, 2.45) is 0 Å². The molecule has 3 nitrogen and oxygen atoms in total. The van der Waals surface area contributed by atoms with Crippen LogP contribution in [0.3, 0.4) is 0 Å². The van der Waals surface area contributed by atoms with Gasteiger partial charge in [0.15, 0.2) is 5.75 Å². The monoisotopic (exact) mass is 367 g/mol. The van der Waals surface area contributed by atoms with Crippen LogP contribution in [-0.4, -0.2) is 35.3 Å². The van der Waals surface area contributed by atoms with Gasteiger partial charge in [0.1, 0.15) is 6.61 Å². The van der Waals surface area contributed by atoms with Gasteiger partial charge < -0.3 is 14.7 Å². The Labute approximate surface area is 148 Å². The highest BCUT2D eigenvalue weighted by atomic mass is 35.5. The van der Waals surface area contributed by atoms with Crippen LogP contribution >= 0.6 is 34.8 Å². The number of aliphatic hydroxyl groups is 1. The van der Waals surface area contributed by atoms with E-state index in [4.69, 9.17) is 39.5 Å². The van der Waals surface area contributed by atoms with E-state index in [9.17, 15) is 5.11 Å². The Balaban J connectivity index is 3.27. The maximum atomic E-state index is 9.98. The van der Waals surface area contributed by atoms with E-state index in [1.54, 1.807) is 19.1 Å². The zero-order valence-electron chi connectivity index (χ0n) is 13.7. The van der Waals surface area contributed by atoms with Crippen LogP contribution in [-0.2, 0) is 0 Å². The lowest BCUT2D eigenvalue weighted by molar-refractivity contribution is 0.156. The number of benzene rings is 1. The normalized spacial score (nSPS) is 14.6. The standard InChI is InChI=1S/C16H24Cl3NO2/c1-10(11(2)21)20(16(3,4)5)12-8-13(18)15(14(19)9-12)22-7-6-17/h8-11,21H,6-7H2,1-5H3/t10-,11?/m0/s1. The van der Waals surface area contributed by atoms with Crippen molar-refractivity contribution >= 4 is 40.5 Å². The maximum absolute atomic E-state index is 9.98. The van der Waals surface area contributed by atoms with Crippen molar-refractivity contribution in [2.75, 3.05) is 17.4 Å². The first-order valence-corrected chi connectivity index (χ1v) is 8.53. The lowest BCUT2D eigenvalue weighted by Crippen LogP contribution is -2.51. The molecule has 1 aromatic carbocycles. The first kappa shape index (κ1) is 19.7. The number of halogens is 3. The second kappa shape index (κ2) is 7.96. The summed E-state index contributed by atoms with van der Waals surface area (Å²) in [6, 6.07) is 3.52. The average Bonchev–Trinajstić information content (AvgIpc) is 2.36. The van der Waals surface area contributed by atoms with Gasteiger partial charge >= 0.3 is 0 Å². The third-order valence-electron chi connectivity index (χ3n) is 3.41. The van der Waals surface area contributed by atoms with E-state index in [0.717, 1.165) is 5.69 Å². The van der Waals surface area contributed by atoms with Crippen molar-refractivity contribution in [1.29, 1.82) is 0 Å². The van der Waals surface area contributed by atoms with Gasteiger partial charge in [-0.05, 0) is 46.8 Å². The number of aliphatic hydroxyl groups excluding tert-OH is 1. The number of hydrogen-bond donors (Lipinski definition) is 1. The minimum absolute atomic E-state index is 0.0956. The van der Waals surface area contributed by atoms with Crippen molar-refractivity contribution in [3.63, 3.8) is 0 Å². The largest absolute Gasteiger partial charge is 0.489 e. The van der Waals surface area contributed by atoms with Gasteiger partial charge in [0, 0.05) is 11.2 Å². The molecule has 0 spiro atoms. The van der Waals surface area contributed by atoms with Crippen molar-refractivity contribution in [3.8, 4) is 5.75 Å². The summed E-state index contributed by atoms with van der Waals surface area (Å²) in [6.45, 7) is 10.3. The van der Waals surface area contributed by atoms with Crippen LogP contribution in [0.25, 0.3) is 0 Å². The molecule has 0 saturated heterocycles. The first-order chi connectivity index (χ1) is 10.1. The van der Waals surface area contributed by atoms with Crippen LogP contribution in [0.5, 0.6) is 5.75 Å². The second-order valence-electron chi connectivity index (χ2n) is 6.30. The van der Waals surface area contributed by atoms with E-state index in [1.165, 1.54) is 0 Å². The fourth-order valence-electron chi connectivity index (χ4n) is 2.41. The number of rotatable bonds is 6. The number of hydrogen-bond acceptors (Lipinski definition) is 3. The molecule has 0 amide bonds. The Hall–Kier alpha value is -0.350. The highest BCUT2D eigenvalue weighted by molar-refractivity contribution is 6.37. The first-order valence-electron chi connectivity index (χ1n) is 7.24. The molecular formula is C16H24Cl3NO2. The molecule has 22 heavy (non-hydrogen) atoms. The Bertz CT molecular complexity index is 478. The van der Waals surface area contributed by atoms with Crippen molar-refractivity contribution in [2.45, 2.75) is 52.3 Å². The van der Waals surface area contributed by atoms with Gasteiger partial charge in [0.2, 0.25) is 0 Å². The van der Waals surface area contributed by atoms with Crippen LogP contribution in [0.2, 0.25) is 10.0 Å². The van der Waals surface area contributed by atoms with Crippen molar-refractivity contribution < 1.29 is 9.84 Å². The van der Waals surface area contributed by atoms with Crippen LogP contribution in [0.15, 0.2) is 12.1 Å². The van der Waals surface area contributed by atoms with Crippen LogP contribution in [0.1, 0.15) is 34.6 Å². The SMILES string of the molecule is CC(O)[C@H](C)N(c1cc(Cl)c(OCCCl)c(Cl)c1)C(C)(C)C. The lowest BCUT2D eigenvalue weighted by atomic mass is 9.99. The zero-order chi connectivity index (χ0) is 17.1. The number of alkyl halides is 1. The summed E-state index contributed by atoms with van der Waals surface area (Å²) < 4.78 is 5.48. The van der Waals surface area contributed by atoms with E-state index in [-0.39, 0.29) is 11.6 Å². The summed E-state index contributed by atoms with van der Waals surface area (Å²) in [5, 5.41) is 10.8. The van der Waals surface area contributed by atoms with Crippen LogP contribution < -0.4 is 9.64 Å². The second-order valence-corrected chi connectivity index (χ2v) is 7.49. The third-order valence-corrected chi connectivity index (χ3v) is 4.13. The number of ether oxygens (including phenoxy) is 1. The Kier molecular flexibility index (Phi) is 7.13. The van der Waals surface area contributed by atoms with Gasteiger partial charge in [-0.3, -0.25) is 0 Å². The summed E-state index contributed by atoms with van der Waals surface area (Å²) in [7, 11) is 0. The molecule has 1 rings (SSSR count). The predicted molar refractivity (Wildman–Crippen MR) is 96.1 cm³/mol. The Morgan fingerprint density at radius 2 is 1.68 bits per heavy atom. The Morgan fingerprint density at radius 1 is 1.18 bits per heavy atom.